The molecule has 2 aliphatic heterocycles. The highest BCUT2D eigenvalue weighted by Gasteiger charge is 2.30. The van der Waals surface area contributed by atoms with Crippen molar-refractivity contribution in [2.24, 2.45) is 11.8 Å². The van der Waals surface area contributed by atoms with Crippen LogP contribution in [-0.2, 0) is 4.79 Å². The molecule has 0 saturated carbocycles. The molecule has 2 unspecified atom stereocenters. The van der Waals surface area contributed by atoms with E-state index < -0.39 is 0 Å². The topological polar surface area (TPSA) is 62.5 Å². The Labute approximate surface area is 155 Å². The fourth-order valence-electron chi connectivity index (χ4n) is 4.54. The summed E-state index contributed by atoms with van der Waals surface area (Å²) in [5.74, 6) is 2.73. The maximum Gasteiger partial charge on any atom is 0.222 e. The molecule has 26 heavy (non-hydrogen) atoms. The first-order valence-corrected chi connectivity index (χ1v) is 10.0. The van der Waals surface area contributed by atoms with Gasteiger partial charge in [-0.25, -0.2) is 0 Å². The Morgan fingerprint density at radius 1 is 1.27 bits per heavy atom. The highest BCUT2D eigenvalue weighted by atomic mass is 16.2. The first kappa shape index (κ1) is 17.5. The zero-order valence-electron chi connectivity index (χ0n) is 15.6. The number of piperidine rings is 2. The van der Waals surface area contributed by atoms with Crippen LogP contribution < -0.4 is 5.32 Å². The van der Waals surface area contributed by atoms with Gasteiger partial charge in [0.15, 0.2) is 5.65 Å². The number of rotatable bonds is 4. The van der Waals surface area contributed by atoms with E-state index >= 15 is 0 Å². The smallest absolute Gasteiger partial charge is 0.222 e. The van der Waals surface area contributed by atoms with Crippen LogP contribution in [0, 0.1) is 11.8 Å². The Morgan fingerprint density at radius 2 is 2.12 bits per heavy atom. The van der Waals surface area contributed by atoms with Crippen molar-refractivity contribution >= 4 is 11.6 Å². The Morgan fingerprint density at radius 3 is 2.96 bits per heavy atom. The largest absolute Gasteiger partial charge is 0.342 e. The maximum atomic E-state index is 12.9. The summed E-state index contributed by atoms with van der Waals surface area (Å²) in [4.78, 5) is 15.0. The summed E-state index contributed by atoms with van der Waals surface area (Å²) in [5.41, 5.74) is 0.880. The van der Waals surface area contributed by atoms with Crippen LogP contribution in [0.2, 0.25) is 0 Å². The highest BCUT2D eigenvalue weighted by molar-refractivity contribution is 5.76. The van der Waals surface area contributed by atoms with Gasteiger partial charge in [0.1, 0.15) is 5.82 Å². The second-order valence-electron chi connectivity index (χ2n) is 7.93. The predicted molar refractivity (Wildman–Crippen MR) is 101 cm³/mol. The fraction of sp³-hybridized carbons (Fsp3) is 0.650. The van der Waals surface area contributed by atoms with Gasteiger partial charge in [-0.2, -0.15) is 0 Å². The molecule has 4 heterocycles. The number of hydrogen-bond donors (Lipinski definition) is 1. The van der Waals surface area contributed by atoms with Crippen molar-refractivity contribution in [2.75, 3.05) is 26.2 Å². The average Bonchev–Trinajstić information content (AvgIpc) is 3.13. The van der Waals surface area contributed by atoms with E-state index in [9.17, 15) is 4.79 Å². The zero-order valence-corrected chi connectivity index (χ0v) is 15.6. The van der Waals surface area contributed by atoms with Crippen LogP contribution in [0.15, 0.2) is 24.4 Å². The first-order valence-electron chi connectivity index (χ1n) is 10.0. The Bertz CT molecular complexity index is 751. The molecule has 2 fully saturated rings. The van der Waals surface area contributed by atoms with E-state index in [0.29, 0.717) is 24.2 Å². The maximum absolute atomic E-state index is 12.9. The van der Waals surface area contributed by atoms with E-state index in [1.54, 1.807) is 0 Å². The number of hydrogen-bond acceptors (Lipinski definition) is 4. The van der Waals surface area contributed by atoms with Crippen LogP contribution >= 0.6 is 0 Å². The molecular weight excluding hydrogens is 326 g/mol. The van der Waals surface area contributed by atoms with Crippen molar-refractivity contribution in [3.8, 4) is 0 Å². The van der Waals surface area contributed by atoms with Gasteiger partial charge >= 0.3 is 0 Å². The normalized spacial score (nSPS) is 23.3. The molecule has 140 valence electrons. The minimum atomic E-state index is 0.277. The molecule has 4 rings (SSSR count). The number of nitrogens with zero attached hydrogens (tertiary/aromatic N) is 4. The lowest BCUT2D eigenvalue weighted by atomic mass is 9.83. The van der Waals surface area contributed by atoms with Gasteiger partial charge in [0, 0.05) is 31.6 Å². The Hall–Kier alpha value is -1.95. The van der Waals surface area contributed by atoms with Gasteiger partial charge in [-0.1, -0.05) is 13.0 Å². The van der Waals surface area contributed by atoms with Crippen LogP contribution in [0.4, 0.5) is 0 Å². The number of pyridine rings is 1. The molecule has 2 aliphatic rings. The van der Waals surface area contributed by atoms with Crippen LogP contribution in [0.1, 0.15) is 50.8 Å². The van der Waals surface area contributed by atoms with Crippen LogP contribution in [-0.4, -0.2) is 51.6 Å². The molecule has 0 aromatic carbocycles. The van der Waals surface area contributed by atoms with Gasteiger partial charge in [0.05, 0.1) is 0 Å². The van der Waals surface area contributed by atoms with Crippen molar-refractivity contribution in [2.45, 2.75) is 44.9 Å². The van der Waals surface area contributed by atoms with Gasteiger partial charge in [-0.05, 0) is 62.7 Å². The number of likely N-dealkylation sites (tertiary alicyclic amines) is 1. The van der Waals surface area contributed by atoms with Crippen molar-refractivity contribution in [1.82, 2.24) is 24.8 Å². The third-order valence-corrected chi connectivity index (χ3v) is 6.16. The van der Waals surface area contributed by atoms with Crippen molar-refractivity contribution in [3.05, 3.63) is 30.2 Å². The quantitative estimate of drug-likeness (QED) is 0.915. The molecule has 6 nitrogen and oxygen atoms in total. The highest BCUT2D eigenvalue weighted by Crippen LogP contribution is 2.29. The van der Waals surface area contributed by atoms with Crippen LogP contribution in [0.3, 0.4) is 0 Å². The summed E-state index contributed by atoms with van der Waals surface area (Å²) in [7, 11) is 0. The molecule has 2 aromatic rings. The summed E-state index contributed by atoms with van der Waals surface area (Å²) in [5, 5.41) is 12.1. The van der Waals surface area contributed by atoms with E-state index in [0.717, 1.165) is 50.5 Å². The molecule has 2 atom stereocenters. The van der Waals surface area contributed by atoms with E-state index in [1.165, 1.54) is 12.8 Å². The summed E-state index contributed by atoms with van der Waals surface area (Å²) in [6, 6.07) is 5.96. The SMILES string of the molecule is CC(CC(=O)N1CCCC(c2nnc3ccccn23)C1)C1CCNCC1. The molecule has 0 bridgehead atoms. The van der Waals surface area contributed by atoms with E-state index in [4.69, 9.17) is 0 Å². The summed E-state index contributed by atoms with van der Waals surface area (Å²) in [6.45, 7) is 6.09. The molecule has 0 spiro atoms. The molecular formula is C20H29N5O. The van der Waals surface area contributed by atoms with Gasteiger partial charge in [-0.15, -0.1) is 10.2 Å². The molecule has 1 N–H and O–H groups in total. The zero-order chi connectivity index (χ0) is 17.9. The van der Waals surface area contributed by atoms with Gasteiger partial charge in [0.25, 0.3) is 0 Å². The predicted octanol–water partition coefficient (Wildman–Crippen LogP) is 2.46. The molecule has 0 radical (unpaired) electrons. The van der Waals surface area contributed by atoms with E-state index in [2.05, 4.69) is 31.7 Å². The summed E-state index contributed by atoms with van der Waals surface area (Å²) >= 11 is 0. The molecule has 1 amide bonds. The number of carbonyl (C=O) groups is 1. The minimum absolute atomic E-state index is 0.277. The van der Waals surface area contributed by atoms with Crippen LogP contribution in [0.5, 0.6) is 0 Å². The van der Waals surface area contributed by atoms with Gasteiger partial charge in [0.2, 0.25) is 5.91 Å². The monoisotopic (exact) mass is 355 g/mol. The van der Waals surface area contributed by atoms with E-state index in [-0.39, 0.29) is 5.92 Å². The van der Waals surface area contributed by atoms with Gasteiger partial charge < -0.3 is 10.2 Å². The van der Waals surface area contributed by atoms with Crippen LogP contribution in [0.25, 0.3) is 5.65 Å². The first-order chi connectivity index (χ1) is 12.7. The molecule has 2 saturated heterocycles. The number of amides is 1. The summed E-state index contributed by atoms with van der Waals surface area (Å²) in [6.07, 6.45) is 7.21. The molecule has 6 heteroatoms. The number of aromatic nitrogens is 3. The standard InChI is InChI=1S/C20H29N5O/c1-15(16-7-9-21-10-8-16)13-19(26)24-11-4-5-17(14-24)20-23-22-18-6-2-3-12-25(18)20/h2-3,6,12,15-17,21H,4-5,7-11,13-14H2,1H3. The Balaban J connectivity index is 1.40. The number of fused-ring (bicyclic) bond motifs is 1. The third-order valence-electron chi connectivity index (χ3n) is 6.16. The second kappa shape index (κ2) is 7.74. The minimum Gasteiger partial charge on any atom is -0.342 e. The lowest BCUT2D eigenvalue weighted by molar-refractivity contribution is -0.133. The average molecular weight is 355 g/mol. The number of nitrogens with one attached hydrogen (secondary N) is 1. The third kappa shape index (κ3) is 3.61. The van der Waals surface area contributed by atoms with Gasteiger partial charge in [-0.3, -0.25) is 9.20 Å². The fourth-order valence-corrected chi connectivity index (χ4v) is 4.54. The molecule has 2 aromatic heterocycles. The Kier molecular flexibility index (Phi) is 5.20. The van der Waals surface area contributed by atoms with E-state index in [1.807, 2.05) is 24.4 Å². The second-order valence-corrected chi connectivity index (χ2v) is 7.93. The number of carbonyl (C=O) groups excluding carboxylic acids is 1. The lowest BCUT2D eigenvalue weighted by Crippen LogP contribution is -2.41. The lowest BCUT2D eigenvalue weighted by Gasteiger charge is -2.34. The molecule has 0 aliphatic carbocycles. The van der Waals surface area contributed by atoms with Crippen molar-refractivity contribution in [1.29, 1.82) is 0 Å². The van der Waals surface area contributed by atoms with Crippen molar-refractivity contribution in [3.63, 3.8) is 0 Å². The summed E-state index contributed by atoms with van der Waals surface area (Å²) < 4.78 is 2.07. The van der Waals surface area contributed by atoms with Crippen molar-refractivity contribution < 1.29 is 4.79 Å².